The van der Waals surface area contributed by atoms with E-state index in [0.717, 1.165) is 19.3 Å². The monoisotopic (exact) mass is 449 g/mol. The molecule has 1 amide bonds. The normalized spacial score (nSPS) is 12.8. The Labute approximate surface area is 185 Å². The smallest absolute Gasteiger partial charge is 0.267 e. The quantitative estimate of drug-likeness (QED) is 0.182. The summed E-state index contributed by atoms with van der Waals surface area (Å²) in [5, 5.41) is 9.85. The average Bonchev–Trinajstić information content (AvgIpc) is 2.66. The Morgan fingerprint density at radius 2 is 1.20 bits per heavy atom. The molecule has 0 bridgehead atoms. The molecule has 30 heavy (non-hydrogen) atoms. The fraction of sp³-hybridized carbons (Fsp3) is 0.957. The Balaban J connectivity index is 3.81. The number of carbonyl (C=O) groups is 1. The number of hydrogen-bond acceptors (Lipinski definition) is 4. The van der Waals surface area contributed by atoms with Gasteiger partial charge in [0.2, 0.25) is 5.91 Å². The first kappa shape index (κ1) is 29.3. The summed E-state index contributed by atoms with van der Waals surface area (Å²) in [5.41, 5.74) is 0. The van der Waals surface area contributed by atoms with Gasteiger partial charge in [-0.15, -0.1) is 0 Å². The summed E-state index contributed by atoms with van der Waals surface area (Å²) in [6.45, 7) is 4.65. The van der Waals surface area contributed by atoms with Crippen molar-refractivity contribution in [2.24, 2.45) is 0 Å². The summed E-state index contributed by atoms with van der Waals surface area (Å²) < 4.78 is 30.7. The standard InChI is InChI=1S/C23H47NO5S/c1-3-5-6-7-8-9-10-11-12-13-14-15-16-17-19-24(23(26)18-4-2)20-22(25)21-30(27,28)29/h22,25H,3-21H2,1-2H3,(H,27,28,29). The van der Waals surface area contributed by atoms with Crippen LogP contribution < -0.4 is 0 Å². The third kappa shape index (κ3) is 19.3. The zero-order chi connectivity index (χ0) is 22.7. The highest BCUT2D eigenvalue weighted by molar-refractivity contribution is 7.85. The van der Waals surface area contributed by atoms with E-state index in [2.05, 4.69) is 6.92 Å². The molecule has 0 fully saturated rings. The lowest BCUT2D eigenvalue weighted by atomic mass is 10.0. The molecule has 0 aliphatic rings. The first-order chi connectivity index (χ1) is 14.3. The first-order valence-electron chi connectivity index (χ1n) is 12.2. The summed E-state index contributed by atoms with van der Waals surface area (Å²) in [7, 11) is -4.24. The molecule has 0 saturated carbocycles. The highest BCUT2D eigenvalue weighted by Gasteiger charge is 2.20. The fourth-order valence-electron chi connectivity index (χ4n) is 3.74. The van der Waals surface area contributed by atoms with Crippen LogP contribution >= 0.6 is 0 Å². The molecule has 0 aromatic carbocycles. The van der Waals surface area contributed by atoms with E-state index in [9.17, 15) is 18.3 Å². The van der Waals surface area contributed by atoms with Gasteiger partial charge in [0.1, 0.15) is 5.75 Å². The molecule has 0 spiro atoms. The second-order valence-corrected chi connectivity index (χ2v) is 10.1. The molecule has 6 nitrogen and oxygen atoms in total. The van der Waals surface area contributed by atoms with Gasteiger partial charge in [-0.25, -0.2) is 0 Å². The van der Waals surface area contributed by atoms with Crippen molar-refractivity contribution in [1.29, 1.82) is 0 Å². The second-order valence-electron chi connectivity index (χ2n) is 8.59. The Morgan fingerprint density at radius 3 is 1.60 bits per heavy atom. The first-order valence-corrected chi connectivity index (χ1v) is 13.8. The van der Waals surface area contributed by atoms with E-state index in [1.807, 2.05) is 6.92 Å². The Bertz CT molecular complexity index is 510. The van der Waals surface area contributed by atoms with E-state index in [4.69, 9.17) is 4.55 Å². The van der Waals surface area contributed by atoms with Gasteiger partial charge in [0.05, 0.1) is 6.10 Å². The third-order valence-corrected chi connectivity index (χ3v) is 6.24. The van der Waals surface area contributed by atoms with Crippen LogP contribution in [0.15, 0.2) is 0 Å². The van der Waals surface area contributed by atoms with Gasteiger partial charge in [-0.05, 0) is 12.8 Å². The number of hydrogen-bond donors (Lipinski definition) is 2. The maximum Gasteiger partial charge on any atom is 0.267 e. The van der Waals surface area contributed by atoms with Crippen LogP contribution in [0.4, 0.5) is 0 Å². The van der Waals surface area contributed by atoms with Crippen LogP contribution in [0.25, 0.3) is 0 Å². The van der Waals surface area contributed by atoms with E-state index in [0.29, 0.717) is 19.4 Å². The summed E-state index contributed by atoms with van der Waals surface area (Å²) in [5.74, 6) is -0.802. The summed E-state index contributed by atoms with van der Waals surface area (Å²) in [4.78, 5) is 13.8. The molecule has 0 aliphatic heterocycles. The zero-order valence-electron chi connectivity index (χ0n) is 19.5. The minimum atomic E-state index is -4.24. The minimum Gasteiger partial charge on any atom is -0.390 e. The number of nitrogens with zero attached hydrogens (tertiary/aromatic N) is 1. The molecule has 0 aromatic rings. The molecule has 0 saturated heterocycles. The van der Waals surface area contributed by atoms with Crippen LogP contribution in [0.1, 0.15) is 117 Å². The third-order valence-electron chi connectivity index (χ3n) is 5.43. The topological polar surface area (TPSA) is 94.9 Å². The lowest BCUT2D eigenvalue weighted by Crippen LogP contribution is -2.40. The molecule has 180 valence electrons. The summed E-state index contributed by atoms with van der Waals surface area (Å²) in [6, 6.07) is 0. The molecular weight excluding hydrogens is 402 g/mol. The maximum atomic E-state index is 12.2. The molecule has 0 heterocycles. The largest absolute Gasteiger partial charge is 0.390 e. The lowest BCUT2D eigenvalue weighted by Gasteiger charge is -2.25. The van der Waals surface area contributed by atoms with Crippen molar-refractivity contribution in [3.8, 4) is 0 Å². The minimum absolute atomic E-state index is 0.0446. The summed E-state index contributed by atoms with van der Waals surface area (Å²) in [6.07, 6.45) is 17.5. The average molecular weight is 450 g/mol. The van der Waals surface area contributed by atoms with Crippen LogP contribution in [0.2, 0.25) is 0 Å². The van der Waals surface area contributed by atoms with Gasteiger partial charge in [0.25, 0.3) is 10.1 Å². The number of carbonyl (C=O) groups excluding carboxylic acids is 1. The van der Waals surface area contributed by atoms with Crippen LogP contribution in [0, 0.1) is 0 Å². The molecule has 1 unspecified atom stereocenters. The Hall–Kier alpha value is -0.660. The molecule has 7 heteroatoms. The van der Waals surface area contributed by atoms with Crippen LogP contribution in [0.3, 0.4) is 0 Å². The second kappa shape index (κ2) is 19.1. The lowest BCUT2D eigenvalue weighted by molar-refractivity contribution is -0.132. The van der Waals surface area contributed by atoms with Crippen LogP contribution in [0.5, 0.6) is 0 Å². The predicted molar refractivity (Wildman–Crippen MR) is 124 cm³/mol. The van der Waals surface area contributed by atoms with Gasteiger partial charge in [-0.3, -0.25) is 9.35 Å². The van der Waals surface area contributed by atoms with Crippen LogP contribution in [-0.4, -0.2) is 53.8 Å². The van der Waals surface area contributed by atoms with Gasteiger partial charge in [-0.1, -0.05) is 97.3 Å². The zero-order valence-corrected chi connectivity index (χ0v) is 20.3. The van der Waals surface area contributed by atoms with E-state index in [-0.39, 0.29) is 12.5 Å². The summed E-state index contributed by atoms with van der Waals surface area (Å²) >= 11 is 0. The van der Waals surface area contributed by atoms with Crippen molar-refractivity contribution in [2.75, 3.05) is 18.8 Å². The van der Waals surface area contributed by atoms with Crippen molar-refractivity contribution < 1.29 is 22.9 Å². The number of unbranched alkanes of at least 4 members (excludes halogenated alkanes) is 13. The number of amides is 1. The highest BCUT2D eigenvalue weighted by Crippen LogP contribution is 2.13. The Morgan fingerprint density at radius 1 is 0.767 bits per heavy atom. The number of aliphatic hydroxyl groups is 1. The SMILES string of the molecule is CCCCCCCCCCCCCCCCN(CC(O)CS(=O)(=O)O)C(=O)CCC. The molecule has 0 radical (unpaired) electrons. The van der Waals surface area contributed by atoms with Gasteiger partial charge >= 0.3 is 0 Å². The van der Waals surface area contributed by atoms with Gasteiger partial charge < -0.3 is 10.0 Å². The van der Waals surface area contributed by atoms with Crippen molar-refractivity contribution in [1.82, 2.24) is 4.90 Å². The van der Waals surface area contributed by atoms with E-state index >= 15 is 0 Å². The van der Waals surface area contributed by atoms with E-state index in [1.54, 1.807) is 4.90 Å². The predicted octanol–water partition coefficient (Wildman–Crippen LogP) is 5.35. The van der Waals surface area contributed by atoms with Crippen molar-refractivity contribution in [2.45, 2.75) is 123 Å². The molecule has 0 rings (SSSR count). The van der Waals surface area contributed by atoms with Crippen LogP contribution in [-0.2, 0) is 14.9 Å². The molecule has 0 aliphatic carbocycles. The molecular formula is C23H47NO5S. The van der Waals surface area contributed by atoms with Crippen molar-refractivity contribution in [3.63, 3.8) is 0 Å². The van der Waals surface area contributed by atoms with Gasteiger partial charge in [-0.2, -0.15) is 8.42 Å². The Kier molecular flexibility index (Phi) is 18.6. The van der Waals surface area contributed by atoms with Crippen molar-refractivity contribution in [3.05, 3.63) is 0 Å². The molecule has 1 atom stereocenters. The van der Waals surface area contributed by atoms with E-state index in [1.165, 1.54) is 70.6 Å². The number of rotatable bonds is 21. The number of aliphatic hydroxyl groups excluding tert-OH is 1. The maximum absolute atomic E-state index is 12.2. The van der Waals surface area contributed by atoms with Gasteiger partial charge in [0.15, 0.2) is 0 Å². The molecule has 2 N–H and O–H groups in total. The van der Waals surface area contributed by atoms with E-state index < -0.39 is 22.0 Å². The fourth-order valence-corrected chi connectivity index (χ4v) is 4.33. The van der Waals surface area contributed by atoms with Crippen molar-refractivity contribution >= 4 is 16.0 Å². The highest BCUT2D eigenvalue weighted by atomic mass is 32.2. The molecule has 0 aromatic heterocycles. The van der Waals surface area contributed by atoms with Gasteiger partial charge in [0, 0.05) is 19.5 Å².